The molecule has 1 aliphatic heterocycles. The normalized spacial score (nSPS) is 14.8. The first-order chi connectivity index (χ1) is 14.6. The van der Waals surface area contributed by atoms with Crippen LogP contribution in [0.25, 0.3) is 10.9 Å². The lowest BCUT2D eigenvalue weighted by Gasteiger charge is -2.36. The number of nitrogens with zero attached hydrogens (tertiary/aromatic N) is 4. The van der Waals surface area contributed by atoms with Gasteiger partial charge in [0.05, 0.1) is 17.5 Å². The number of piperazine rings is 1. The fraction of sp³-hybridized carbons (Fsp3) is 0.348. The number of pyridine rings is 1. The Balaban J connectivity index is 1.41. The van der Waals surface area contributed by atoms with E-state index in [4.69, 9.17) is 4.74 Å². The summed E-state index contributed by atoms with van der Waals surface area (Å²) in [5.74, 6) is 0.375. The van der Waals surface area contributed by atoms with Crippen LogP contribution in [0.15, 0.2) is 48.5 Å². The van der Waals surface area contributed by atoms with E-state index in [0.29, 0.717) is 5.75 Å². The highest BCUT2D eigenvalue weighted by atomic mass is 16.6. The molecule has 0 N–H and O–H groups in total. The average molecular weight is 406 g/mol. The van der Waals surface area contributed by atoms with Crippen molar-refractivity contribution in [2.45, 2.75) is 13.3 Å². The minimum Gasteiger partial charge on any atom is -0.490 e. The van der Waals surface area contributed by atoms with Crippen molar-refractivity contribution in [3.05, 3.63) is 69.9 Å². The Morgan fingerprint density at radius 2 is 1.83 bits per heavy atom. The number of anilines is 1. The van der Waals surface area contributed by atoms with Crippen LogP contribution in [0, 0.1) is 17.0 Å². The minimum absolute atomic E-state index is 0.0274. The number of nitro groups is 1. The Morgan fingerprint density at radius 3 is 2.57 bits per heavy atom. The first kappa shape index (κ1) is 20.1. The van der Waals surface area contributed by atoms with Crippen molar-refractivity contribution in [3.8, 4) is 5.75 Å². The SMILES string of the molecule is COc1c(CCN2CCN(c3cccc4nc(C)ccc34)CC2)cccc1[N+](=O)[O-]. The van der Waals surface area contributed by atoms with Crippen LogP contribution in [-0.4, -0.2) is 54.6 Å². The highest BCUT2D eigenvalue weighted by molar-refractivity contribution is 5.92. The predicted molar refractivity (Wildman–Crippen MR) is 118 cm³/mol. The van der Waals surface area contributed by atoms with Crippen molar-refractivity contribution >= 4 is 22.3 Å². The number of fused-ring (bicyclic) bond motifs is 1. The van der Waals surface area contributed by atoms with Gasteiger partial charge >= 0.3 is 5.69 Å². The Kier molecular flexibility index (Phi) is 5.81. The second-order valence-electron chi connectivity index (χ2n) is 7.60. The molecule has 1 fully saturated rings. The van der Waals surface area contributed by atoms with Crippen LogP contribution in [0.1, 0.15) is 11.3 Å². The van der Waals surface area contributed by atoms with E-state index < -0.39 is 0 Å². The van der Waals surface area contributed by atoms with Crippen molar-refractivity contribution in [2.24, 2.45) is 0 Å². The van der Waals surface area contributed by atoms with Gasteiger partial charge in [0, 0.05) is 61.1 Å². The smallest absolute Gasteiger partial charge is 0.311 e. The molecule has 2 aromatic carbocycles. The molecule has 0 spiro atoms. The minimum atomic E-state index is -0.387. The molecule has 0 amide bonds. The lowest BCUT2D eigenvalue weighted by atomic mass is 10.1. The number of para-hydroxylation sites is 1. The van der Waals surface area contributed by atoms with Crippen LogP contribution in [0.3, 0.4) is 0 Å². The molecule has 0 bridgehead atoms. The number of aryl methyl sites for hydroxylation is 1. The number of nitro benzene ring substituents is 1. The third-order valence-corrected chi connectivity index (χ3v) is 5.74. The largest absolute Gasteiger partial charge is 0.490 e. The van der Waals surface area contributed by atoms with E-state index in [1.807, 2.05) is 13.0 Å². The zero-order valence-corrected chi connectivity index (χ0v) is 17.4. The van der Waals surface area contributed by atoms with Crippen molar-refractivity contribution in [1.82, 2.24) is 9.88 Å². The van der Waals surface area contributed by atoms with Gasteiger partial charge in [0.2, 0.25) is 0 Å². The number of hydrogen-bond donors (Lipinski definition) is 0. The third-order valence-electron chi connectivity index (χ3n) is 5.74. The number of hydrogen-bond acceptors (Lipinski definition) is 6. The summed E-state index contributed by atoms with van der Waals surface area (Å²) in [7, 11) is 1.49. The summed E-state index contributed by atoms with van der Waals surface area (Å²) in [6.45, 7) is 6.65. The molecule has 30 heavy (non-hydrogen) atoms. The molecule has 0 aliphatic carbocycles. The molecule has 1 aromatic heterocycles. The van der Waals surface area contributed by atoms with Crippen LogP contribution in [0.2, 0.25) is 0 Å². The van der Waals surface area contributed by atoms with E-state index in [1.165, 1.54) is 24.2 Å². The van der Waals surface area contributed by atoms with E-state index in [2.05, 4.69) is 45.1 Å². The quantitative estimate of drug-likeness (QED) is 0.458. The zero-order valence-electron chi connectivity index (χ0n) is 17.4. The first-order valence-corrected chi connectivity index (χ1v) is 10.2. The van der Waals surface area contributed by atoms with Gasteiger partial charge < -0.3 is 9.64 Å². The van der Waals surface area contributed by atoms with Gasteiger partial charge in [0.25, 0.3) is 0 Å². The van der Waals surface area contributed by atoms with Gasteiger partial charge in [-0.25, -0.2) is 0 Å². The van der Waals surface area contributed by atoms with E-state index in [9.17, 15) is 10.1 Å². The van der Waals surface area contributed by atoms with Crippen LogP contribution in [0.5, 0.6) is 5.75 Å². The summed E-state index contributed by atoms with van der Waals surface area (Å²) in [6, 6.07) is 15.7. The maximum absolute atomic E-state index is 11.2. The molecule has 2 heterocycles. The van der Waals surface area contributed by atoms with Gasteiger partial charge in [-0.3, -0.25) is 20.0 Å². The number of benzene rings is 2. The van der Waals surface area contributed by atoms with E-state index in [0.717, 1.165) is 55.9 Å². The van der Waals surface area contributed by atoms with Crippen molar-refractivity contribution < 1.29 is 9.66 Å². The van der Waals surface area contributed by atoms with E-state index in [-0.39, 0.29) is 10.6 Å². The van der Waals surface area contributed by atoms with Gasteiger partial charge in [-0.2, -0.15) is 0 Å². The van der Waals surface area contributed by atoms with Gasteiger partial charge in [0.1, 0.15) is 0 Å². The second kappa shape index (κ2) is 8.67. The average Bonchev–Trinajstić information content (AvgIpc) is 2.77. The van der Waals surface area contributed by atoms with Gasteiger partial charge in [-0.15, -0.1) is 0 Å². The molecule has 0 radical (unpaired) electrons. The summed E-state index contributed by atoms with van der Waals surface area (Å²) in [5, 5.41) is 12.4. The summed E-state index contributed by atoms with van der Waals surface area (Å²) in [5.41, 5.74) is 4.21. The number of ether oxygens (including phenoxy) is 1. The fourth-order valence-corrected chi connectivity index (χ4v) is 4.15. The summed E-state index contributed by atoms with van der Waals surface area (Å²) in [4.78, 5) is 20.3. The standard InChI is InChI=1S/C23H26N4O3/c1-17-9-10-19-20(24-17)6-4-7-21(19)26-15-13-25(14-16-26)12-11-18-5-3-8-22(27(28)29)23(18)30-2/h3-10H,11-16H2,1-2H3. The third kappa shape index (κ3) is 4.07. The molecule has 4 rings (SSSR count). The topological polar surface area (TPSA) is 71.7 Å². The van der Waals surface area contributed by atoms with Gasteiger partial charge in [-0.1, -0.05) is 18.2 Å². The Hall–Kier alpha value is -3.19. The van der Waals surface area contributed by atoms with Gasteiger partial charge in [0.15, 0.2) is 5.75 Å². The Labute approximate surface area is 176 Å². The summed E-state index contributed by atoms with van der Waals surface area (Å²) < 4.78 is 5.33. The molecule has 0 saturated carbocycles. The van der Waals surface area contributed by atoms with Crippen molar-refractivity contribution in [2.75, 3.05) is 44.7 Å². The highest BCUT2D eigenvalue weighted by Gasteiger charge is 2.21. The second-order valence-corrected chi connectivity index (χ2v) is 7.60. The Morgan fingerprint density at radius 1 is 1.07 bits per heavy atom. The molecule has 3 aromatic rings. The molecular formula is C23H26N4O3. The molecule has 7 heteroatoms. The lowest BCUT2D eigenvalue weighted by Crippen LogP contribution is -2.47. The first-order valence-electron chi connectivity index (χ1n) is 10.2. The highest BCUT2D eigenvalue weighted by Crippen LogP contribution is 2.31. The molecular weight excluding hydrogens is 380 g/mol. The maximum Gasteiger partial charge on any atom is 0.311 e. The van der Waals surface area contributed by atoms with Crippen molar-refractivity contribution in [3.63, 3.8) is 0 Å². The number of methoxy groups -OCH3 is 1. The number of rotatable bonds is 6. The fourth-order valence-electron chi connectivity index (χ4n) is 4.15. The zero-order chi connectivity index (χ0) is 21.1. The maximum atomic E-state index is 11.2. The van der Waals surface area contributed by atoms with Crippen LogP contribution < -0.4 is 9.64 Å². The van der Waals surface area contributed by atoms with Crippen LogP contribution in [0.4, 0.5) is 11.4 Å². The monoisotopic (exact) mass is 406 g/mol. The summed E-state index contributed by atoms with van der Waals surface area (Å²) >= 11 is 0. The lowest BCUT2D eigenvalue weighted by molar-refractivity contribution is -0.385. The molecule has 156 valence electrons. The van der Waals surface area contributed by atoms with E-state index in [1.54, 1.807) is 6.07 Å². The molecule has 1 aliphatic rings. The van der Waals surface area contributed by atoms with E-state index >= 15 is 0 Å². The van der Waals surface area contributed by atoms with Gasteiger partial charge in [-0.05, 0) is 37.6 Å². The Bertz CT molecular complexity index is 1060. The molecule has 7 nitrogen and oxygen atoms in total. The van der Waals surface area contributed by atoms with Crippen LogP contribution in [-0.2, 0) is 6.42 Å². The summed E-state index contributed by atoms with van der Waals surface area (Å²) in [6.07, 6.45) is 0.725. The van der Waals surface area contributed by atoms with Crippen LogP contribution >= 0.6 is 0 Å². The molecule has 1 saturated heterocycles. The molecule has 0 unspecified atom stereocenters. The number of aromatic nitrogens is 1. The predicted octanol–water partition coefficient (Wildman–Crippen LogP) is 3.82. The molecule has 0 atom stereocenters. The van der Waals surface area contributed by atoms with Crippen molar-refractivity contribution in [1.29, 1.82) is 0 Å².